The summed E-state index contributed by atoms with van der Waals surface area (Å²) >= 11 is 0. The van der Waals surface area contributed by atoms with Crippen LogP contribution in [0.1, 0.15) is 30.6 Å². The molecule has 1 aliphatic rings. The summed E-state index contributed by atoms with van der Waals surface area (Å²) in [7, 11) is 2.02. The Kier molecular flexibility index (Phi) is 1.89. The molecule has 0 spiro atoms. The lowest BCUT2D eigenvalue weighted by molar-refractivity contribution is 0.363. The lowest BCUT2D eigenvalue weighted by atomic mass is 9.84. The average Bonchev–Trinajstić information content (AvgIpc) is 2.52. The first-order valence-electron chi connectivity index (χ1n) is 4.52. The Morgan fingerprint density at radius 2 is 2.50 bits per heavy atom. The van der Waals surface area contributed by atoms with Gasteiger partial charge in [-0.05, 0) is 25.8 Å². The number of H-pyrrole nitrogens is 1. The van der Waals surface area contributed by atoms with E-state index in [2.05, 4.69) is 22.4 Å². The van der Waals surface area contributed by atoms with Gasteiger partial charge in [0.1, 0.15) is 0 Å². The van der Waals surface area contributed by atoms with Crippen molar-refractivity contribution in [1.82, 2.24) is 15.5 Å². The van der Waals surface area contributed by atoms with E-state index in [4.69, 9.17) is 0 Å². The number of hydrogen-bond acceptors (Lipinski definition) is 2. The van der Waals surface area contributed by atoms with Crippen molar-refractivity contribution in [1.29, 1.82) is 0 Å². The van der Waals surface area contributed by atoms with Crippen LogP contribution in [0, 0.1) is 5.92 Å². The van der Waals surface area contributed by atoms with Crippen molar-refractivity contribution in [2.24, 2.45) is 5.92 Å². The topological polar surface area (TPSA) is 40.7 Å². The van der Waals surface area contributed by atoms with Gasteiger partial charge in [-0.3, -0.25) is 5.10 Å². The SMILES string of the molecule is CNC1c2cn[nH]c2CCC1C. The minimum Gasteiger partial charge on any atom is -0.313 e. The molecule has 1 heterocycles. The monoisotopic (exact) mass is 165 g/mol. The molecule has 1 aliphatic carbocycles. The Morgan fingerprint density at radius 3 is 3.25 bits per heavy atom. The number of rotatable bonds is 1. The Bertz CT molecular complexity index is 266. The van der Waals surface area contributed by atoms with Crippen molar-refractivity contribution in [2.75, 3.05) is 7.05 Å². The molecule has 3 nitrogen and oxygen atoms in total. The quantitative estimate of drug-likeness (QED) is 0.657. The van der Waals surface area contributed by atoms with Crippen LogP contribution in [0.4, 0.5) is 0 Å². The lowest BCUT2D eigenvalue weighted by Gasteiger charge is -2.27. The van der Waals surface area contributed by atoms with Crippen LogP contribution in [0.3, 0.4) is 0 Å². The van der Waals surface area contributed by atoms with Gasteiger partial charge < -0.3 is 5.32 Å². The van der Waals surface area contributed by atoms with Crippen LogP contribution in [0.5, 0.6) is 0 Å². The van der Waals surface area contributed by atoms with Gasteiger partial charge in [-0.1, -0.05) is 6.92 Å². The van der Waals surface area contributed by atoms with Gasteiger partial charge in [0, 0.05) is 17.3 Å². The smallest absolute Gasteiger partial charge is 0.0538 e. The van der Waals surface area contributed by atoms with E-state index >= 15 is 0 Å². The van der Waals surface area contributed by atoms with Crippen molar-refractivity contribution < 1.29 is 0 Å². The molecule has 0 bridgehead atoms. The molecule has 12 heavy (non-hydrogen) atoms. The van der Waals surface area contributed by atoms with Crippen LogP contribution in [-0.4, -0.2) is 17.2 Å². The molecule has 2 unspecified atom stereocenters. The van der Waals surface area contributed by atoms with E-state index in [1.807, 2.05) is 13.2 Å². The van der Waals surface area contributed by atoms with Gasteiger partial charge >= 0.3 is 0 Å². The molecule has 2 rings (SSSR count). The minimum absolute atomic E-state index is 0.493. The third-order valence-electron chi connectivity index (χ3n) is 2.82. The molecule has 2 N–H and O–H groups in total. The second-order valence-corrected chi connectivity index (χ2v) is 3.59. The molecule has 0 aliphatic heterocycles. The minimum atomic E-state index is 0.493. The zero-order chi connectivity index (χ0) is 8.55. The van der Waals surface area contributed by atoms with Crippen molar-refractivity contribution >= 4 is 0 Å². The lowest BCUT2D eigenvalue weighted by Crippen LogP contribution is -2.27. The first-order valence-corrected chi connectivity index (χ1v) is 4.52. The summed E-state index contributed by atoms with van der Waals surface area (Å²) in [6.07, 6.45) is 4.35. The summed E-state index contributed by atoms with van der Waals surface area (Å²) in [6, 6.07) is 0.493. The number of aromatic amines is 1. The van der Waals surface area contributed by atoms with Crippen LogP contribution in [-0.2, 0) is 6.42 Å². The first-order chi connectivity index (χ1) is 5.83. The van der Waals surface area contributed by atoms with Crippen molar-refractivity contribution in [3.05, 3.63) is 17.5 Å². The molecule has 2 atom stereocenters. The van der Waals surface area contributed by atoms with Gasteiger partial charge in [0.15, 0.2) is 0 Å². The maximum absolute atomic E-state index is 4.07. The number of nitrogens with zero attached hydrogens (tertiary/aromatic N) is 1. The molecule has 1 aromatic heterocycles. The highest BCUT2D eigenvalue weighted by Crippen LogP contribution is 2.32. The second kappa shape index (κ2) is 2.90. The molecule has 66 valence electrons. The van der Waals surface area contributed by atoms with Gasteiger partial charge in [0.05, 0.1) is 6.20 Å². The maximum Gasteiger partial charge on any atom is 0.0538 e. The molecule has 0 amide bonds. The average molecular weight is 165 g/mol. The van der Waals surface area contributed by atoms with Crippen LogP contribution in [0.2, 0.25) is 0 Å². The molecule has 0 aromatic carbocycles. The van der Waals surface area contributed by atoms with E-state index in [0.717, 1.165) is 12.3 Å². The maximum atomic E-state index is 4.07. The van der Waals surface area contributed by atoms with E-state index in [1.165, 1.54) is 17.7 Å². The number of aryl methyl sites for hydroxylation is 1. The fourth-order valence-electron chi connectivity index (χ4n) is 2.08. The fraction of sp³-hybridized carbons (Fsp3) is 0.667. The molecular formula is C9H15N3. The Hall–Kier alpha value is -0.830. The van der Waals surface area contributed by atoms with E-state index < -0.39 is 0 Å². The van der Waals surface area contributed by atoms with E-state index in [9.17, 15) is 0 Å². The Labute approximate surface area is 72.6 Å². The van der Waals surface area contributed by atoms with E-state index in [-0.39, 0.29) is 0 Å². The molecule has 0 radical (unpaired) electrons. The van der Waals surface area contributed by atoms with Crippen LogP contribution < -0.4 is 5.32 Å². The highest BCUT2D eigenvalue weighted by atomic mass is 15.1. The zero-order valence-electron chi connectivity index (χ0n) is 7.59. The molecule has 0 fully saturated rings. The van der Waals surface area contributed by atoms with Crippen molar-refractivity contribution in [3.8, 4) is 0 Å². The molecule has 1 aromatic rings. The van der Waals surface area contributed by atoms with E-state index in [1.54, 1.807) is 0 Å². The summed E-state index contributed by atoms with van der Waals surface area (Å²) in [6.45, 7) is 2.29. The van der Waals surface area contributed by atoms with Gasteiger partial charge in [-0.2, -0.15) is 5.10 Å². The van der Waals surface area contributed by atoms with Gasteiger partial charge in [-0.15, -0.1) is 0 Å². The van der Waals surface area contributed by atoms with Gasteiger partial charge in [0.25, 0.3) is 0 Å². The Morgan fingerprint density at radius 1 is 1.67 bits per heavy atom. The predicted molar refractivity (Wildman–Crippen MR) is 47.9 cm³/mol. The molecule has 3 heteroatoms. The first kappa shape index (κ1) is 7.80. The summed E-state index contributed by atoms with van der Waals surface area (Å²) in [4.78, 5) is 0. The van der Waals surface area contributed by atoms with Crippen LogP contribution >= 0.6 is 0 Å². The fourth-order valence-corrected chi connectivity index (χ4v) is 2.08. The standard InChI is InChI=1S/C9H15N3/c1-6-3-4-8-7(5-11-12-8)9(6)10-2/h5-6,9-10H,3-4H2,1-2H3,(H,11,12). The molecular weight excluding hydrogens is 150 g/mol. The highest BCUT2D eigenvalue weighted by molar-refractivity contribution is 5.24. The zero-order valence-corrected chi connectivity index (χ0v) is 7.59. The number of aromatic nitrogens is 2. The van der Waals surface area contributed by atoms with Gasteiger partial charge in [0.2, 0.25) is 0 Å². The Balaban J connectivity index is 2.34. The number of hydrogen-bond donors (Lipinski definition) is 2. The number of fused-ring (bicyclic) bond motifs is 1. The second-order valence-electron chi connectivity index (χ2n) is 3.59. The summed E-state index contributed by atoms with van der Waals surface area (Å²) in [5.41, 5.74) is 2.67. The highest BCUT2D eigenvalue weighted by Gasteiger charge is 2.26. The van der Waals surface area contributed by atoms with E-state index in [0.29, 0.717) is 6.04 Å². The third kappa shape index (κ3) is 1.05. The van der Waals surface area contributed by atoms with Crippen LogP contribution in [0.15, 0.2) is 6.20 Å². The normalized spacial score (nSPS) is 28.5. The number of nitrogens with one attached hydrogen (secondary N) is 2. The largest absolute Gasteiger partial charge is 0.313 e. The summed E-state index contributed by atoms with van der Waals surface area (Å²) < 4.78 is 0. The van der Waals surface area contributed by atoms with Crippen molar-refractivity contribution in [3.63, 3.8) is 0 Å². The van der Waals surface area contributed by atoms with Gasteiger partial charge in [-0.25, -0.2) is 0 Å². The molecule has 0 saturated heterocycles. The predicted octanol–water partition coefficient (Wildman–Crippen LogP) is 1.25. The third-order valence-corrected chi connectivity index (χ3v) is 2.82. The molecule has 0 saturated carbocycles. The summed E-state index contributed by atoms with van der Waals surface area (Å²) in [5, 5.41) is 10.5. The summed E-state index contributed by atoms with van der Waals surface area (Å²) in [5.74, 6) is 0.722. The van der Waals surface area contributed by atoms with Crippen molar-refractivity contribution in [2.45, 2.75) is 25.8 Å². The van der Waals surface area contributed by atoms with Crippen LogP contribution in [0.25, 0.3) is 0 Å².